The van der Waals surface area contributed by atoms with Crippen LogP contribution >= 0.6 is 0 Å². The van der Waals surface area contributed by atoms with E-state index in [4.69, 9.17) is 4.74 Å². The SMILES string of the molecule is COc1cc(NC(=O)Nc2cccc(C(=O)n3ccc4cccnc43)c2)cc(C(F)(F)F)c1. The summed E-state index contributed by atoms with van der Waals surface area (Å²) in [6.45, 7) is 0. The maximum atomic E-state index is 13.1. The Morgan fingerprint density at radius 3 is 2.52 bits per heavy atom. The molecule has 2 amide bonds. The zero-order valence-electron chi connectivity index (χ0n) is 17.2. The first-order valence-corrected chi connectivity index (χ1v) is 9.66. The maximum Gasteiger partial charge on any atom is 0.416 e. The third-order valence-corrected chi connectivity index (χ3v) is 4.76. The number of halogens is 3. The number of pyridine rings is 1. The molecule has 2 aromatic carbocycles. The highest BCUT2D eigenvalue weighted by Gasteiger charge is 2.31. The maximum absolute atomic E-state index is 13.1. The van der Waals surface area contributed by atoms with Crippen LogP contribution in [0.3, 0.4) is 0 Å². The number of rotatable bonds is 4. The van der Waals surface area contributed by atoms with E-state index < -0.39 is 17.8 Å². The summed E-state index contributed by atoms with van der Waals surface area (Å²) in [7, 11) is 1.23. The van der Waals surface area contributed by atoms with Gasteiger partial charge in [0.05, 0.1) is 12.7 Å². The average Bonchev–Trinajstić information content (AvgIpc) is 3.22. The summed E-state index contributed by atoms with van der Waals surface area (Å²) in [5.74, 6) is -0.407. The van der Waals surface area contributed by atoms with Gasteiger partial charge >= 0.3 is 12.2 Å². The van der Waals surface area contributed by atoms with Crippen LogP contribution in [0.2, 0.25) is 0 Å². The number of anilines is 2. The van der Waals surface area contributed by atoms with Gasteiger partial charge < -0.3 is 15.4 Å². The molecule has 0 fully saturated rings. The van der Waals surface area contributed by atoms with E-state index in [0.29, 0.717) is 5.65 Å². The number of fused-ring (bicyclic) bond motifs is 1. The molecule has 7 nitrogen and oxygen atoms in total. The number of nitrogens with zero attached hydrogens (tertiary/aromatic N) is 2. The molecule has 0 atom stereocenters. The monoisotopic (exact) mass is 454 g/mol. The van der Waals surface area contributed by atoms with Gasteiger partial charge in [0.25, 0.3) is 5.91 Å². The first-order valence-electron chi connectivity index (χ1n) is 9.66. The number of aromatic nitrogens is 2. The van der Waals surface area contributed by atoms with Gasteiger partial charge in [-0.2, -0.15) is 13.2 Å². The molecule has 2 aromatic heterocycles. The van der Waals surface area contributed by atoms with Crippen molar-refractivity contribution in [1.82, 2.24) is 9.55 Å². The van der Waals surface area contributed by atoms with Crippen molar-refractivity contribution in [3.8, 4) is 5.75 Å². The van der Waals surface area contributed by atoms with E-state index >= 15 is 0 Å². The molecule has 0 aliphatic rings. The van der Waals surface area contributed by atoms with Crippen LogP contribution in [-0.2, 0) is 6.18 Å². The normalized spacial score (nSPS) is 11.3. The fraction of sp³-hybridized carbons (Fsp3) is 0.0870. The molecule has 4 rings (SSSR count). The number of carbonyl (C=O) groups is 2. The molecular weight excluding hydrogens is 437 g/mol. The molecule has 0 aliphatic carbocycles. The van der Waals surface area contributed by atoms with Gasteiger partial charge in [-0.05, 0) is 48.5 Å². The lowest BCUT2D eigenvalue weighted by atomic mass is 10.1. The molecule has 10 heteroatoms. The number of urea groups is 1. The molecule has 4 aromatic rings. The van der Waals surface area contributed by atoms with Gasteiger partial charge in [0, 0.05) is 40.8 Å². The van der Waals surface area contributed by atoms with E-state index in [1.165, 1.54) is 23.8 Å². The highest BCUT2D eigenvalue weighted by molar-refractivity contribution is 6.04. The molecule has 0 spiro atoms. The van der Waals surface area contributed by atoms with Gasteiger partial charge in [0.1, 0.15) is 11.4 Å². The summed E-state index contributed by atoms with van der Waals surface area (Å²) in [4.78, 5) is 29.5. The van der Waals surface area contributed by atoms with Crippen LogP contribution < -0.4 is 15.4 Å². The number of hydrogen-bond donors (Lipinski definition) is 2. The van der Waals surface area contributed by atoms with E-state index in [1.807, 2.05) is 6.07 Å². The van der Waals surface area contributed by atoms with Crippen molar-refractivity contribution in [3.05, 3.63) is 84.2 Å². The van der Waals surface area contributed by atoms with Crippen molar-refractivity contribution in [2.24, 2.45) is 0 Å². The van der Waals surface area contributed by atoms with Crippen molar-refractivity contribution in [3.63, 3.8) is 0 Å². The van der Waals surface area contributed by atoms with Crippen LogP contribution in [-0.4, -0.2) is 28.6 Å². The Kier molecular flexibility index (Phi) is 5.74. The number of alkyl halides is 3. The van der Waals surface area contributed by atoms with Crippen LogP contribution in [0.25, 0.3) is 11.0 Å². The minimum atomic E-state index is -4.60. The van der Waals surface area contributed by atoms with E-state index in [9.17, 15) is 22.8 Å². The Hall–Kier alpha value is -4.34. The molecule has 0 radical (unpaired) electrons. The van der Waals surface area contributed by atoms with Crippen molar-refractivity contribution in [2.45, 2.75) is 6.18 Å². The van der Waals surface area contributed by atoms with Crippen molar-refractivity contribution in [2.75, 3.05) is 17.7 Å². The largest absolute Gasteiger partial charge is 0.497 e. The summed E-state index contributed by atoms with van der Waals surface area (Å²) < 4.78 is 45.5. The Labute approximate surface area is 185 Å². The Balaban J connectivity index is 1.52. The lowest BCUT2D eigenvalue weighted by molar-refractivity contribution is -0.137. The molecule has 0 unspecified atom stereocenters. The first kappa shape index (κ1) is 21.9. The van der Waals surface area contributed by atoms with Gasteiger partial charge in [0.15, 0.2) is 0 Å². The Bertz CT molecular complexity index is 1350. The predicted octanol–water partition coefficient (Wildman–Crippen LogP) is 5.40. The lowest BCUT2D eigenvalue weighted by Crippen LogP contribution is -2.20. The van der Waals surface area contributed by atoms with Gasteiger partial charge in [0.2, 0.25) is 0 Å². The fourth-order valence-corrected chi connectivity index (χ4v) is 3.25. The topological polar surface area (TPSA) is 85.3 Å². The quantitative estimate of drug-likeness (QED) is 0.433. The number of benzene rings is 2. The van der Waals surface area contributed by atoms with Crippen LogP contribution in [0.5, 0.6) is 5.75 Å². The molecule has 2 heterocycles. The zero-order valence-corrected chi connectivity index (χ0v) is 17.2. The summed E-state index contributed by atoms with van der Waals surface area (Å²) >= 11 is 0. The number of nitrogens with one attached hydrogen (secondary N) is 2. The average molecular weight is 454 g/mol. The number of amides is 2. The van der Waals surface area contributed by atoms with Crippen molar-refractivity contribution < 1.29 is 27.5 Å². The van der Waals surface area contributed by atoms with Gasteiger partial charge in [-0.25, -0.2) is 9.78 Å². The second-order valence-electron chi connectivity index (χ2n) is 7.02. The molecule has 0 aliphatic heterocycles. The van der Waals surface area contributed by atoms with Crippen LogP contribution in [0, 0.1) is 0 Å². The summed E-state index contributed by atoms with van der Waals surface area (Å²) in [5, 5.41) is 5.66. The van der Waals surface area contributed by atoms with Crippen molar-refractivity contribution >= 4 is 34.3 Å². The smallest absolute Gasteiger partial charge is 0.416 e. The summed E-state index contributed by atoms with van der Waals surface area (Å²) in [6, 6.07) is 13.6. The van der Waals surface area contributed by atoms with Crippen LogP contribution in [0.1, 0.15) is 15.9 Å². The third kappa shape index (κ3) is 4.79. The van der Waals surface area contributed by atoms with Gasteiger partial charge in [-0.3, -0.25) is 9.36 Å². The first-order chi connectivity index (χ1) is 15.7. The van der Waals surface area contributed by atoms with Gasteiger partial charge in [-0.15, -0.1) is 0 Å². The predicted molar refractivity (Wildman–Crippen MR) is 117 cm³/mol. The molecule has 0 saturated heterocycles. The molecule has 2 N–H and O–H groups in total. The minimum Gasteiger partial charge on any atom is -0.497 e. The second kappa shape index (κ2) is 8.65. The standard InChI is InChI=1S/C23H17F3N4O3/c1-33-19-12-16(23(24,25)26)11-18(13-19)29-22(32)28-17-6-2-4-15(10-17)21(31)30-9-7-14-5-3-8-27-20(14)30/h2-13H,1H3,(H2,28,29,32). The van der Waals surface area contributed by atoms with E-state index in [2.05, 4.69) is 15.6 Å². The highest BCUT2D eigenvalue weighted by Crippen LogP contribution is 2.34. The number of carbonyl (C=O) groups excluding carboxylic acids is 2. The van der Waals surface area contributed by atoms with Gasteiger partial charge in [-0.1, -0.05) is 6.07 Å². The fourth-order valence-electron chi connectivity index (χ4n) is 3.25. The molecular formula is C23H17F3N4O3. The van der Waals surface area contributed by atoms with Crippen molar-refractivity contribution in [1.29, 1.82) is 0 Å². The third-order valence-electron chi connectivity index (χ3n) is 4.76. The molecule has 0 bridgehead atoms. The van der Waals surface area contributed by atoms with E-state index in [-0.39, 0.29) is 28.6 Å². The molecule has 0 saturated carbocycles. The highest BCUT2D eigenvalue weighted by atomic mass is 19.4. The van der Waals surface area contributed by atoms with Crippen LogP contribution in [0.15, 0.2) is 73.1 Å². The number of methoxy groups -OCH3 is 1. The number of ether oxygens (including phenoxy) is 1. The summed E-state index contributed by atoms with van der Waals surface area (Å²) in [5.41, 5.74) is 0.00379. The van der Waals surface area contributed by atoms with E-state index in [0.717, 1.165) is 17.5 Å². The minimum absolute atomic E-state index is 0.0553. The lowest BCUT2D eigenvalue weighted by Gasteiger charge is -2.13. The Morgan fingerprint density at radius 1 is 0.970 bits per heavy atom. The van der Waals surface area contributed by atoms with Crippen LogP contribution in [0.4, 0.5) is 29.3 Å². The van der Waals surface area contributed by atoms with E-state index in [1.54, 1.807) is 42.7 Å². The summed E-state index contributed by atoms with van der Waals surface area (Å²) in [6.07, 6.45) is -1.42. The molecule has 168 valence electrons. The second-order valence-corrected chi connectivity index (χ2v) is 7.02. The Morgan fingerprint density at radius 2 is 1.76 bits per heavy atom. The zero-order chi connectivity index (χ0) is 23.6. The number of hydrogen-bond acceptors (Lipinski definition) is 4. The molecule has 33 heavy (non-hydrogen) atoms.